The van der Waals surface area contributed by atoms with Crippen molar-refractivity contribution >= 4 is 11.8 Å². The fourth-order valence-corrected chi connectivity index (χ4v) is 3.86. The molecule has 3 fully saturated rings. The molecule has 118 valence electrons. The molecule has 21 heavy (non-hydrogen) atoms. The van der Waals surface area contributed by atoms with Crippen LogP contribution in [0.1, 0.15) is 44.9 Å². The van der Waals surface area contributed by atoms with E-state index in [1.54, 1.807) is 7.11 Å². The molecule has 0 spiro atoms. The maximum Gasteiger partial charge on any atom is 0.246 e. The highest BCUT2D eigenvalue weighted by atomic mass is 16.5. The zero-order valence-corrected chi connectivity index (χ0v) is 12.8. The number of methoxy groups -OCH3 is 1. The SMILES string of the molecule is COCCN1C(=O)C(C2CC2)NC(=O)C1C1CCCCC1. The Bertz CT molecular complexity index is 402. The fraction of sp³-hybridized carbons (Fsp3) is 0.875. The van der Waals surface area contributed by atoms with Gasteiger partial charge in [0.1, 0.15) is 12.1 Å². The van der Waals surface area contributed by atoms with Crippen molar-refractivity contribution in [3.8, 4) is 0 Å². The Hall–Kier alpha value is -1.10. The van der Waals surface area contributed by atoms with E-state index in [0.29, 0.717) is 25.0 Å². The predicted octanol–water partition coefficient (Wildman–Crippen LogP) is 1.32. The summed E-state index contributed by atoms with van der Waals surface area (Å²) in [4.78, 5) is 27.2. The lowest BCUT2D eigenvalue weighted by molar-refractivity contribution is -0.153. The van der Waals surface area contributed by atoms with Crippen LogP contribution in [0.3, 0.4) is 0 Å². The summed E-state index contributed by atoms with van der Waals surface area (Å²) in [5.74, 6) is 0.859. The summed E-state index contributed by atoms with van der Waals surface area (Å²) in [5, 5.41) is 3.01. The van der Waals surface area contributed by atoms with Crippen molar-refractivity contribution in [1.29, 1.82) is 0 Å². The van der Waals surface area contributed by atoms with Crippen LogP contribution in [-0.2, 0) is 14.3 Å². The van der Waals surface area contributed by atoms with Gasteiger partial charge in [-0.25, -0.2) is 0 Å². The summed E-state index contributed by atoms with van der Waals surface area (Å²) < 4.78 is 5.15. The van der Waals surface area contributed by atoms with Gasteiger partial charge < -0.3 is 15.0 Å². The number of carbonyl (C=O) groups is 2. The topological polar surface area (TPSA) is 58.6 Å². The standard InChI is InChI=1S/C16H26N2O3/c1-21-10-9-18-14(12-5-3-2-4-6-12)15(19)17-13(16(18)20)11-7-8-11/h11-14H,2-10H2,1H3,(H,17,19). The van der Waals surface area contributed by atoms with Crippen molar-refractivity contribution in [3.05, 3.63) is 0 Å². The molecule has 2 aliphatic carbocycles. The molecular formula is C16H26N2O3. The summed E-state index contributed by atoms with van der Waals surface area (Å²) in [6.07, 6.45) is 7.83. The molecule has 0 aromatic rings. The second kappa shape index (κ2) is 6.34. The third-order valence-electron chi connectivity index (χ3n) is 5.18. The lowest BCUT2D eigenvalue weighted by atomic mass is 9.81. The van der Waals surface area contributed by atoms with E-state index >= 15 is 0 Å². The molecule has 0 bridgehead atoms. The van der Waals surface area contributed by atoms with Crippen molar-refractivity contribution in [2.24, 2.45) is 11.8 Å². The minimum atomic E-state index is -0.283. The Kier molecular flexibility index (Phi) is 4.48. The third-order valence-corrected chi connectivity index (χ3v) is 5.18. The van der Waals surface area contributed by atoms with Gasteiger partial charge in [-0.1, -0.05) is 19.3 Å². The van der Waals surface area contributed by atoms with Crippen LogP contribution in [0.5, 0.6) is 0 Å². The molecule has 2 atom stereocenters. The number of carbonyl (C=O) groups excluding carboxylic acids is 2. The second-order valence-corrected chi connectivity index (χ2v) is 6.69. The van der Waals surface area contributed by atoms with Crippen LogP contribution in [0, 0.1) is 11.8 Å². The highest BCUT2D eigenvalue weighted by molar-refractivity contribution is 5.97. The van der Waals surface area contributed by atoms with Gasteiger partial charge in [-0.05, 0) is 37.5 Å². The number of ether oxygens (including phenoxy) is 1. The summed E-state index contributed by atoms with van der Waals surface area (Å²) in [6.45, 7) is 1.03. The number of amides is 2. The lowest BCUT2D eigenvalue weighted by Gasteiger charge is -2.43. The molecule has 5 heteroatoms. The molecular weight excluding hydrogens is 268 g/mol. The summed E-state index contributed by atoms with van der Waals surface area (Å²) >= 11 is 0. The van der Waals surface area contributed by atoms with Gasteiger partial charge in [0, 0.05) is 13.7 Å². The van der Waals surface area contributed by atoms with Crippen molar-refractivity contribution in [2.75, 3.05) is 20.3 Å². The Morgan fingerprint density at radius 1 is 1.10 bits per heavy atom. The summed E-state index contributed by atoms with van der Waals surface area (Å²) in [5.41, 5.74) is 0. The minimum Gasteiger partial charge on any atom is -0.383 e. The molecule has 3 rings (SSSR count). The first-order chi connectivity index (χ1) is 10.2. The van der Waals surface area contributed by atoms with Gasteiger partial charge in [0.25, 0.3) is 0 Å². The van der Waals surface area contributed by atoms with Gasteiger partial charge in [-0.15, -0.1) is 0 Å². The van der Waals surface area contributed by atoms with E-state index in [0.717, 1.165) is 25.7 Å². The summed E-state index contributed by atoms with van der Waals surface area (Å²) in [7, 11) is 1.64. The van der Waals surface area contributed by atoms with Crippen LogP contribution in [-0.4, -0.2) is 49.1 Å². The molecule has 1 saturated heterocycles. The van der Waals surface area contributed by atoms with Gasteiger partial charge in [0.05, 0.1) is 6.61 Å². The van der Waals surface area contributed by atoms with Gasteiger partial charge in [0.2, 0.25) is 11.8 Å². The average molecular weight is 294 g/mol. The quantitative estimate of drug-likeness (QED) is 0.832. The van der Waals surface area contributed by atoms with E-state index in [1.807, 2.05) is 4.90 Å². The molecule has 2 saturated carbocycles. The number of nitrogens with zero attached hydrogens (tertiary/aromatic N) is 1. The van der Waals surface area contributed by atoms with E-state index in [2.05, 4.69) is 5.32 Å². The lowest BCUT2D eigenvalue weighted by Crippen LogP contribution is -2.66. The predicted molar refractivity (Wildman–Crippen MR) is 78.6 cm³/mol. The van der Waals surface area contributed by atoms with Crippen LogP contribution < -0.4 is 5.32 Å². The largest absolute Gasteiger partial charge is 0.383 e. The van der Waals surface area contributed by atoms with Gasteiger partial charge in [-0.2, -0.15) is 0 Å². The van der Waals surface area contributed by atoms with E-state index in [1.165, 1.54) is 19.3 Å². The first kappa shape index (κ1) is 14.8. The van der Waals surface area contributed by atoms with Crippen molar-refractivity contribution < 1.29 is 14.3 Å². The normalized spacial score (nSPS) is 31.4. The van der Waals surface area contributed by atoms with E-state index in [-0.39, 0.29) is 23.9 Å². The number of piperazine rings is 1. The zero-order chi connectivity index (χ0) is 14.8. The molecule has 2 unspecified atom stereocenters. The molecule has 0 aromatic carbocycles. The number of nitrogens with one attached hydrogen (secondary N) is 1. The van der Waals surface area contributed by atoms with Crippen LogP contribution in [0.15, 0.2) is 0 Å². The second-order valence-electron chi connectivity index (χ2n) is 6.69. The zero-order valence-electron chi connectivity index (χ0n) is 12.8. The first-order valence-corrected chi connectivity index (χ1v) is 8.32. The maximum absolute atomic E-state index is 12.8. The Morgan fingerprint density at radius 2 is 1.81 bits per heavy atom. The molecule has 1 heterocycles. The number of rotatable bonds is 5. The molecule has 1 N–H and O–H groups in total. The van der Waals surface area contributed by atoms with E-state index in [4.69, 9.17) is 4.74 Å². The Morgan fingerprint density at radius 3 is 2.43 bits per heavy atom. The molecule has 0 radical (unpaired) electrons. The number of hydrogen-bond acceptors (Lipinski definition) is 3. The summed E-state index contributed by atoms with van der Waals surface area (Å²) in [6, 6.07) is -0.558. The van der Waals surface area contributed by atoms with Gasteiger partial charge in [-0.3, -0.25) is 9.59 Å². The monoisotopic (exact) mass is 294 g/mol. The van der Waals surface area contributed by atoms with Crippen LogP contribution in [0.2, 0.25) is 0 Å². The van der Waals surface area contributed by atoms with Crippen molar-refractivity contribution in [1.82, 2.24) is 10.2 Å². The maximum atomic E-state index is 12.8. The van der Waals surface area contributed by atoms with Crippen LogP contribution in [0.4, 0.5) is 0 Å². The van der Waals surface area contributed by atoms with E-state index in [9.17, 15) is 9.59 Å². The fourth-order valence-electron chi connectivity index (χ4n) is 3.86. The minimum absolute atomic E-state index is 0.0644. The molecule has 5 nitrogen and oxygen atoms in total. The highest BCUT2D eigenvalue weighted by Crippen LogP contribution is 2.37. The van der Waals surface area contributed by atoms with Crippen molar-refractivity contribution in [2.45, 2.75) is 57.0 Å². The molecule has 3 aliphatic rings. The first-order valence-electron chi connectivity index (χ1n) is 8.32. The van der Waals surface area contributed by atoms with Gasteiger partial charge >= 0.3 is 0 Å². The van der Waals surface area contributed by atoms with E-state index < -0.39 is 0 Å². The average Bonchev–Trinajstić information content (AvgIpc) is 3.33. The smallest absolute Gasteiger partial charge is 0.246 e. The third kappa shape index (κ3) is 3.07. The van der Waals surface area contributed by atoms with Crippen molar-refractivity contribution in [3.63, 3.8) is 0 Å². The van der Waals surface area contributed by atoms with Crippen LogP contribution in [0.25, 0.3) is 0 Å². The Balaban J connectivity index is 1.77. The van der Waals surface area contributed by atoms with Gasteiger partial charge in [0.15, 0.2) is 0 Å². The molecule has 0 aromatic heterocycles. The Labute approximate surface area is 126 Å². The molecule has 2 amide bonds. The highest BCUT2D eigenvalue weighted by Gasteiger charge is 2.48. The van der Waals surface area contributed by atoms with Crippen LogP contribution >= 0.6 is 0 Å². The number of hydrogen-bond donors (Lipinski definition) is 1. The molecule has 1 aliphatic heterocycles.